The molecule has 0 heterocycles. The van der Waals surface area contributed by atoms with Gasteiger partial charge >= 0.3 is 5.69 Å². The first kappa shape index (κ1) is 18.7. The number of nitrogens with two attached hydrogens (primary N) is 1. The van der Waals surface area contributed by atoms with E-state index in [1.54, 1.807) is 0 Å². The number of ether oxygens (including phenoxy) is 2. The van der Waals surface area contributed by atoms with E-state index in [0.717, 1.165) is 0 Å². The van der Waals surface area contributed by atoms with Gasteiger partial charge in [0.2, 0.25) is 5.91 Å². The van der Waals surface area contributed by atoms with Crippen molar-refractivity contribution in [2.75, 3.05) is 12.4 Å². The van der Waals surface area contributed by atoms with Crippen molar-refractivity contribution < 1.29 is 24.0 Å². The number of rotatable bonds is 7. The van der Waals surface area contributed by atoms with Crippen molar-refractivity contribution in [2.24, 2.45) is 5.73 Å². The van der Waals surface area contributed by atoms with Crippen LogP contribution < -0.4 is 20.5 Å². The minimum atomic E-state index is -1.00. The molecule has 9 nitrogen and oxygen atoms in total. The number of nitro benzene ring substituents is 1. The number of nitrogens with one attached hydrogen (secondary N) is 1. The Morgan fingerprint density at radius 2 is 1.85 bits per heavy atom. The summed E-state index contributed by atoms with van der Waals surface area (Å²) in [6.45, 7) is 1.46. The fourth-order valence-corrected chi connectivity index (χ4v) is 2.07. The molecule has 136 valence electrons. The van der Waals surface area contributed by atoms with Crippen LogP contribution in [0.5, 0.6) is 11.5 Å². The van der Waals surface area contributed by atoms with E-state index in [1.807, 2.05) is 0 Å². The van der Waals surface area contributed by atoms with E-state index >= 15 is 0 Å². The summed E-state index contributed by atoms with van der Waals surface area (Å²) < 4.78 is 10.4. The second-order valence-corrected chi connectivity index (χ2v) is 5.28. The number of benzene rings is 2. The standard InChI is InChI=1S/C17H17N3O6/c1-10(17(22)19-12-5-3-11(4-6-12)16(18)21)26-15-8-7-13(25-2)9-14(15)20(23)24/h3-10H,1-2H3,(H2,18,21)(H,19,22)/t10-/m1/s1. The molecule has 0 unspecified atom stereocenters. The number of primary amides is 1. The van der Waals surface area contributed by atoms with Gasteiger partial charge in [0.15, 0.2) is 11.9 Å². The van der Waals surface area contributed by atoms with Crippen LogP contribution in [0.4, 0.5) is 11.4 Å². The summed E-state index contributed by atoms with van der Waals surface area (Å²) in [5.41, 5.74) is 5.57. The molecule has 1 atom stereocenters. The van der Waals surface area contributed by atoms with Crippen molar-refractivity contribution in [3.05, 3.63) is 58.1 Å². The fourth-order valence-electron chi connectivity index (χ4n) is 2.07. The van der Waals surface area contributed by atoms with Gasteiger partial charge in [-0.05, 0) is 43.3 Å². The molecular weight excluding hydrogens is 342 g/mol. The lowest BCUT2D eigenvalue weighted by Gasteiger charge is -2.15. The zero-order valence-electron chi connectivity index (χ0n) is 14.1. The van der Waals surface area contributed by atoms with Crippen molar-refractivity contribution in [1.29, 1.82) is 0 Å². The number of hydrogen-bond acceptors (Lipinski definition) is 6. The quantitative estimate of drug-likeness (QED) is 0.574. The third-order valence-corrected chi connectivity index (χ3v) is 3.47. The van der Waals surface area contributed by atoms with Gasteiger partial charge in [0.1, 0.15) is 5.75 Å². The van der Waals surface area contributed by atoms with Crippen LogP contribution in [-0.2, 0) is 4.79 Å². The van der Waals surface area contributed by atoms with Crippen molar-refractivity contribution in [3.8, 4) is 11.5 Å². The minimum Gasteiger partial charge on any atom is -0.496 e. The van der Waals surface area contributed by atoms with E-state index in [4.69, 9.17) is 15.2 Å². The average molecular weight is 359 g/mol. The summed E-state index contributed by atoms with van der Waals surface area (Å²) in [7, 11) is 1.39. The predicted molar refractivity (Wildman–Crippen MR) is 93.3 cm³/mol. The van der Waals surface area contributed by atoms with Gasteiger partial charge in [-0.2, -0.15) is 0 Å². The third kappa shape index (κ3) is 4.47. The molecule has 0 spiro atoms. The second-order valence-electron chi connectivity index (χ2n) is 5.28. The van der Waals surface area contributed by atoms with E-state index in [2.05, 4.69) is 5.32 Å². The number of carbonyl (C=O) groups excluding carboxylic acids is 2. The average Bonchev–Trinajstić information content (AvgIpc) is 2.62. The number of anilines is 1. The van der Waals surface area contributed by atoms with Crippen molar-refractivity contribution >= 4 is 23.2 Å². The Balaban J connectivity index is 2.09. The fraction of sp³-hybridized carbons (Fsp3) is 0.176. The van der Waals surface area contributed by atoms with E-state index < -0.39 is 22.8 Å². The van der Waals surface area contributed by atoms with Gasteiger partial charge in [0.05, 0.1) is 18.1 Å². The molecule has 0 bridgehead atoms. The van der Waals surface area contributed by atoms with Crippen molar-refractivity contribution in [3.63, 3.8) is 0 Å². The Kier molecular flexibility index (Phi) is 5.74. The number of nitrogens with zero attached hydrogens (tertiary/aromatic N) is 1. The monoisotopic (exact) mass is 359 g/mol. The summed E-state index contributed by atoms with van der Waals surface area (Å²) in [6.07, 6.45) is -1.00. The molecule has 2 amide bonds. The first-order valence-electron chi connectivity index (χ1n) is 7.51. The summed E-state index contributed by atoms with van der Waals surface area (Å²) in [4.78, 5) is 33.8. The predicted octanol–water partition coefficient (Wildman–Crippen LogP) is 2.11. The van der Waals surface area contributed by atoms with Crippen LogP contribution in [0.15, 0.2) is 42.5 Å². The summed E-state index contributed by atoms with van der Waals surface area (Å²) in [5.74, 6) is -0.841. The lowest BCUT2D eigenvalue weighted by Crippen LogP contribution is -2.30. The van der Waals surface area contributed by atoms with Gasteiger partial charge in [-0.25, -0.2) is 0 Å². The molecular formula is C17H17N3O6. The van der Waals surface area contributed by atoms with Gasteiger partial charge in [-0.1, -0.05) is 0 Å². The second kappa shape index (κ2) is 7.97. The van der Waals surface area contributed by atoms with Gasteiger partial charge in [0.25, 0.3) is 5.91 Å². The number of carbonyl (C=O) groups is 2. The zero-order valence-corrected chi connectivity index (χ0v) is 14.1. The number of hydrogen-bond donors (Lipinski definition) is 2. The van der Waals surface area contributed by atoms with Gasteiger partial charge in [-0.3, -0.25) is 19.7 Å². The molecule has 0 aromatic heterocycles. The van der Waals surface area contributed by atoms with Gasteiger partial charge < -0.3 is 20.5 Å². The van der Waals surface area contributed by atoms with Crippen LogP contribution in [0, 0.1) is 10.1 Å². The molecule has 0 radical (unpaired) electrons. The highest BCUT2D eigenvalue weighted by Crippen LogP contribution is 2.31. The van der Waals surface area contributed by atoms with E-state index in [0.29, 0.717) is 17.0 Å². The molecule has 0 fully saturated rings. The smallest absolute Gasteiger partial charge is 0.314 e. The lowest BCUT2D eigenvalue weighted by atomic mass is 10.2. The lowest BCUT2D eigenvalue weighted by molar-refractivity contribution is -0.386. The molecule has 2 aromatic carbocycles. The first-order valence-corrected chi connectivity index (χ1v) is 7.51. The maximum absolute atomic E-state index is 12.2. The molecule has 0 aliphatic heterocycles. The maximum Gasteiger partial charge on any atom is 0.314 e. The van der Waals surface area contributed by atoms with E-state index in [1.165, 1.54) is 56.5 Å². The molecule has 0 aliphatic rings. The molecule has 0 saturated heterocycles. The molecule has 26 heavy (non-hydrogen) atoms. The maximum atomic E-state index is 12.2. The largest absolute Gasteiger partial charge is 0.496 e. The number of amides is 2. The SMILES string of the molecule is COc1ccc(O[C@H](C)C(=O)Nc2ccc(C(N)=O)cc2)c([N+](=O)[O-])c1. The van der Waals surface area contributed by atoms with Gasteiger partial charge in [-0.15, -0.1) is 0 Å². The highest BCUT2D eigenvalue weighted by Gasteiger charge is 2.22. The molecule has 2 rings (SSSR count). The topological polar surface area (TPSA) is 134 Å². The van der Waals surface area contributed by atoms with Crippen molar-refractivity contribution in [2.45, 2.75) is 13.0 Å². The number of nitro groups is 1. The zero-order chi connectivity index (χ0) is 19.3. The van der Waals surface area contributed by atoms with Crippen LogP contribution in [0.2, 0.25) is 0 Å². The normalized spacial score (nSPS) is 11.3. The Morgan fingerprint density at radius 3 is 2.38 bits per heavy atom. The van der Waals surface area contributed by atoms with E-state index in [-0.39, 0.29) is 11.4 Å². The van der Waals surface area contributed by atoms with Crippen LogP contribution >= 0.6 is 0 Å². The Bertz CT molecular complexity index is 835. The van der Waals surface area contributed by atoms with Gasteiger partial charge in [0, 0.05) is 11.3 Å². The first-order chi connectivity index (χ1) is 12.3. The Labute approximate surface area is 148 Å². The summed E-state index contributed by atoms with van der Waals surface area (Å²) in [5, 5.41) is 13.7. The molecule has 9 heteroatoms. The number of methoxy groups -OCH3 is 1. The Hall–Kier alpha value is -3.62. The van der Waals surface area contributed by atoms with Crippen LogP contribution in [-0.4, -0.2) is 30.0 Å². The highest BCUT2D eigenvalue weighted by atomic mass is 16.6. The molecule has 0 saturated carbocycles. The van der Waals surface area contributed by atoms with Crippen LogP contribution in [0.25, 0.3) is 0 Å². The van der Waals surface area contributed by atoms with Crippen LogP contribution in [0.1, 0.15) is 17.3 Å². The summed E-state index contributed by atoms with van der Waals surface area (Å²) >= 11 is 0. The Morgan fingerprint density at radius 1 is 1.19 bits per heavy atom. The third-order valence-electron chi connectivity index (χ3n) is 3.47. The molecule has 2 aromatic rings. The minimum absolute atomic E-state index is 0.0532. The van der Waals surface area contributed by atoms with Crippen molar-refractivity contribution in [1.82, 2.24) is 0 Å². The highest BCUT2D eigenvalue weighted by molar-refractivity contribution is 5.96. The summed E-state index contributed by atoms with van der Waals surface area (Å²) in [6, 6.07) is 10.0. The van der Waals surface area contributed by atoms with Crippen LogP contribution in [0.3, 0.4) is 0 Å². The molecule has 0 aliphatic carbocycles. The molecule has 3 N–H and O–H groups in total. The van der Waals surface area contributed by atoms with E-state index in [9.17, 15) is 19.7 Å².